The third-order valence-corrected chi connectivity index (χ3v) is 4.17. The Bertz CT molecular complexity index is 455. The lowest BCUT2D eigenvalue weighted by Crippen LogP contribution is -2.23. The highest BCUT2D eigenvalue weighted by atomic mass is 32.1. The zero-order valence-corrected chi connectivity index (χ0v) is 12.9. The first-order chi connectivity index (χ1) is 9.90. The Morgan fingerprint density at radius 1 is 1.15 bits per heavy atom. The second-order valence-electron chi connectivity index (χ2n) is 4.83. The van der Waals surface area contributed by atoms with Crippen molar-refractivity contribution in [2.45, 2.75) is 32.2 Å². The summed E-state index contributed by atoms with van der Waals surface area (Å²) in [6, 6.07) is 14.9. The molecule has 0 aliphatic heterocycles. The average molecular weight is 289 g/mol. The minimum absolute atomic E-state index is 0.497. The van der Waals surface area contributed by atoms with Gasteiger partial charge in [0.15, 0.2) is 0 Å². The predicted molar refractivity (Wildman–Crippen MR) is 86.5 cm³/mol. The zero-order chi connectivity index (χ0) is 14.0. The Kier molecular flexibility index (Phi) is 6.61. The molecule has 0 saturated carbocycles. The van der Waals surface area contributed by atoms with Crippen molar-refractivity contribution in [3.63, 3.8) is 0 Å². The van der Waals surface area contributed by atoms with E-state index < -0.39 is 0 Å². The van der Waals surface area contributed by atoms with E-state index in [1.807, 2.05) is 41.7 Å². The van der Waals surface area contributed by atoms with E-state index in [0.29, 0.717) is 6.04 Å². The number of thiophene rings is 1. The maximum atomic E-state index is 5.70. The summed E-state index contributed by atoms with van der Waals surface area (Å²) >= 11 is 1.84. The molecule has 1 aromatic heterocycles. The molecule has 3 heteroatoms. The van der Waals surface area contributed by atoms with Gasteiger partial charge in [0.25, 0.3) is 0 Å². The molecule has 1 aromatic carbocycles. The molecule has 1 N–H and O–H groups in total. The second kappa shape index (κ2) is 8.77. The fourth-order valence-corrected chi connectivity index (χ4v) is 3.02. The van der Waals surface area contributed by atoms with Gasteiger partial charge in [-0.2, -0.15) is 0 Å². The van der Waals surface area contributed by atoms with Gasteiger partial charge in [-0.3, -0.25) is 0 Å². The lowest BCUT2D eigenvalue weighted by Gasteiger charge is -2.16. The van der Waals surface area contributed by atoms with Crippen LogP contribution in [0.2, 0.25) is 0 Å². The number of para-hydroxylation sites is 1. The summed E-state index contributed by atoms with van der Waals surface area (Å²) in [4.78, 5) is 1.44. The third kappa shape index (κ3) is 4.99. The van der Waals surface area contributed by atoms with E-state index in [1.165, 1.54) is 17.7 Å². The van der Waals surface area contributed by atoms with Gasteiger partial charge in [-0.05, 0) is 43.0 Å². The Morgan fingerprint density at radius 2 is 2.00 bits per heavy atom. The van der Waals surface area contributed by atoms with Gasteiger partial charge in [0.1, 0.15) is 5.75 Å². The lowest BCUT2D eigenvalue weighted by atomic mass is 10.1. The summed E-state index contributed by atoms with van der Waals surface area (Å²) in [7, 11) is 0. The van der Waals surface area contributed by atoms with E-state index in [0.717, 1.165) is 25.3 Å². The van der Waals surface area contributed by atoms with Crippen LogP contribution in [0.15, 0.2) is 47.8 Å². The van der Waals surface area contributed by atoms with Crippen LogP contribution < -0.4 is 10.1 Å². The molecule has 1 atom stereocenters. The average Bonchev–Trinajstić information content (AvgIpc) is 3.01. The summed E-state index contributed by atoms with van der Waals surface area (Å²) in [6.45, 7) is 4.00. The van der Waals surface area contributed by atoms with Crippen LogP contribution in [0.5, 0.6) is 5.75 Å². The second-order valence-corrected chi connectivity index (χ2v) is 5.81. The zero-order valence-electron chi connectivity index (χ0n) is 12.0. The standard InChI is InChI=1S/C17H23NOS/c1-2-8-16(17-11-6-14-20-17)18-12-7-13-19-15-9-4-3-5-10-15/h3-6,9-11,14,16,18H,2,7-8,12-13H2,1H3. The first-order valence-corrected chi connectivity index (χ1v) is 8.22. The monoisotopic (exact) mass is 289 g/mol. The minimum atomic E-state index is 0.497. The van der Waals surface area contributed by atoms with Crippen molar-refractivity contribution < 1.29 is 4.74 Å². The van der Waals surface area contributed by atoms with E-state index in [9.17, 15) is 0 Å². The quantitative estimate of drug-likeness (QED) is 0.679. The van der Waals surface area contributed by atoms with Crippen LogP contribution >= 0.6 is 11.3 Å². The van der Waals surface area contributed by atoms with Crippen molar-refractivity contribution in [2.75, 3.05) is 13.2 Å². The van der Waals surface area contributed by atoms with E-state index in [4.69, 9.17) is 4.74 Å². The Hall–Kier alpha value is -1.32. The smallest absolute Gasteiger partial charge is 0.119 e. The van der Waals surface area contributed by atoms with Gasteiger partial charge in [-0.25, -0.2) is 0 Å². The number of nitrogens with one attached hydrogen (secondary N) is 1. The highest BCUT2D eigenvalue weighted by Crippen LogP contribution is 2.23. The van der Waals surface area contributed by atoms with Crippen molar-refractivity contribution >= 4 is 11.3 Å². The van der Waals surface area contributed by atoms with Crippen LogP contribution in [0, 0.1) is 0 Å². The minimum Gasteiger partial charge on any atom is -0.494 e. The largest absolute Gasteiger partial charge is 0.494 e. The van der Waals surface area contributed by atoms with E-state index in [2.05, 4.69) is 29.8 Å². The molecule has 0 amide bonds. The van der Waals surface area contributed by atoms with Gasteiger partial charge >= 0.3 is 0 Å². The number of hydrogen-bond donors (Lipinski definition) is 1. The highest BCUT2D eigenvalue weighted by molar-refractivity contribution is 7.10. The molecule has 2 nitrogen and oxygen atoms in total. The molecule has 0 aliphatic carbocycles. The van der Waals surface area contributed by atoms with Gasteiger partial charge in [0.05, 0.1) is 6.61 Å². The van der Waals surface area contributed by atoms with Crippen LogP contribution in [-0.2, 0) is 0 Å². The first-order valence-electron chi connectivity index (χ1n) is 7.34. The molecule has 2 aromatic rings. The Balaban J connectivity index is 1.66. The number of ether oxygens (including phenoxy) is 1. The number of hydrogen-bond acceptors (Lipinski definition) is 3. The van der Waals surface area contributed by atoms with Crippen molar-refractivity contribution in [1.29, 1.82) is 0 Å². The van der Waals surface area contributed by atoms with Crippen molar-refractivity contribution in [3.05, 3.63) is 52.7 Å². The van der Waals surface area contributed by atoms with Crippen LogP contribution in [0.25, 0.3) is 0 Å². The van der Waals surface area contributed by atoms with Crippen LogP contribution in [-0.4, -0.2) is 13.2 Å². The third-order valence-electron chi connectivity index (χ3n) is 3.19. The summed E-state index contributed by atoms with van der Waals surface area (Å²) in [5.74, 6) is 0.955. The van der Waals surface area contributed by atoms with E-state index in [1.54, 1.807) is 0 Å². The maximum Gasteiger partial charge on any atom is 0.119 e. The van der Waals surface area contributed by atoms with Crippen molar-refractivity contribution in [3.8, 4) is 5.75 Å². The summed E-state index contributed by atoms with van der Waals surface area (Å²) in [6.07, 6.45) is 3.43. The fraction of sp³-hybridized carbons (Fsp3) is 0.412. The lowest BCUT2D eigenvalue weighted by molar-refractivity contribution is 0.304. The molecule has 20 heavy (non-hydrogen) atoms. The molecule has 0 saturated heterocycles. The topological polar surface area (TPSA) is 21.3 Å². The molecule has 0 aliphatic rings. The summed E-state index contributed by atoms with van der Waals surface area (Å²) < 4.78 is 5.70. The molecule has 0 fully saturated rings. The first kappa shape index (κ1) is 15.1. The molecule has 1 unspecified atom stereocenters. The fourth-order valence-electron chi connectivity index (χ4n) is 2.18. The predicted octanol–water partition coefficient (Wildman–Crippen LogP) is 4.65. The van der Waals surface area contributed by atoms with Crippen molar-refractivity contribution in [2.24, 2.45) is 0 Å². The van der Waals surface area contributed by atoms with Crippen LogP contribution in [0.3, 0.4) is 0 Å². The maximum absolute atomic E-state index is 5.70. The molecule has 0 radical (unpaired) electrons. The SMILES string of the molecule is CCCC(NCCCOc1ccccc1)c1cccs1. The van der Waals surface area contributed by atoms with Gasteiger partial charge in [-0.1, -0.05) is 37.6 Å². The van der Waals surface area contributed by atoms with Crippen molar-refractivity contribution in [1.82, 2.24) is 5.32 Å². The van der Waals surface area contributed by atoms with Gasteiger partial charge in [-0.15, -0.1) is 11.3 Å². The molecule has 0 spiro atoms. The molecule has 108 valence electrons. The van der Waals surface area contributed by atoms with Crippen LogP contribution in [0.1, 0.15) is 37.1 Å². The molecule has 1 heterocycles. The Morgan fingerprint density at radius 3 is 2.70 bits per heavy atom. The summed E-state index contributed by atoms with van der Waals surface area (Å²) in [5.41, 5.74) is 0. The van der Waals surface area contributed by atoms with Crippen LogP contribution in [0.4, 0.5) is 0 Å². The number of benzene rings is 1. The number of rotatable bonds is 9. The molecule has 0 bridgehead atoms. The molecular weight excluding hydrogens is 266 g/mol. The Labute approximate surface area is 125 Å². The molecule has 2 rings (SSSR count). The highest BCUT2D eigenvalue weighted by Gasteiger charge is 2.10. The normalized spacial score (nSPS) is 12.2. The van der Waals surface area contributed by atoms with Gasteiger partial charge < -0.3 is 10.1 Å². The van der Waals surface area contributed by atoms with E-state index >= 15 is 0 Å². The summed E-state index contributed by atoms with van der Waals surface area (Å²) in [5, 5.41) is 5.79. The van der Waals surface area contributed by atoms with Gasteiger partial charge in [0, 0.05) is 10.9 Å². The van der Waals surface area contributed by atoms with E-state index in [-0.39, 0.29) is 0 Å². The van der Waals surface area contributed by atoms with Gasteiger partial charge in [0.2, 0.25) is 0 Å². The molecular formula is C17H23NOS.